The molecular weight excluding hydrogens is 405 g/mol. The van der Waals surface area contributed by atoms with Crippen molar-refractivity contribution in [1.29, 1.82) is 0 Å². The van der Waals surface area contributed by atoms with Crippen LogP contribution in [0.2, 0.25) is 10.0 Å². The molecule has 0 atom stereocenters. The van der Waals surface area contributed by atoms with Crippen LogP contribution in [0.3, 0.4) is 0 Å². The number of hydrogen-bond acceptors (Lipinski definition) is 3. The number of nitrogens with zero attached hydrogens (tertiary/aromatic N) is 1. The molecule has 3 nitrogen and oxygen atoms in total. The molecule has 0 saturated carbocycles. The van der Waals surface area contributed by atoms with E-state index in [1.54, 1.807) is 29.6 Å². The molecule has 0 N–H and O–H groups in total. The second-order valence-corrected chi connectivity index (χ2v) is 8.83. The molecule has 2 rings (SSSR count). The van der Waals surface area contributed by atoms with Gasteiger partial charge in [0.05, 0.1) is 10.0 Å². The van der Waals surface area contributed by atoms with Crippen LogP contribution in [-0.2, 0) is 16.6 Å². The van der Waals surface area contributed by atoms with E-state index >= 15 is 0 Å². The summed E-state index contributed by atoms with van der Waals surface area (Å²) in [5.41, 5.74) is 0.665. The third-order valence-electron chi connectivity index (χ3n) is 2.65. The minimum atomic E-state index is -3.55. The zero-order chi connectivity index (χ0) is 14.9. The fraction of sp³-hybridized carbons (Fsp3) is 0.167. The summed E-state index contributed by atoms with van der Waals surface area (Å²) < 4.78 is 27.0. The molecule has 108 valence electrons. The Hall–Kier alpha value is -0.110. The van der Waals surface area contributed by atoms with E-state index in [1.165, 1.54) is 22.7 Å². The summed E-state index contributed by atoms with van der Waals surface area (Å²) in [6.45, 7) is 0.159. The number of benzene rings is 1. The van der Waals surface area contributed by atoms with Crippen molar-refractivity contribution in [3.05, 3.63) is 49.7 Å². The number of sulfonamides is 1. The molecule has 20 heavy (non-hydrogen) atoms. The molecule has 0 bridgehead atoms. The highest BCUT2D eigenvalue weighted by atomic mass is 79.9. The van der Waals surface area contributed by atoms with E-state index in [0.717, 1.165) is 0 Å². The van der Waals surface area contributed by atoms with Crippen LogP contribution < -0.4 is 0 Å². The lowest BCUT2D eigenvalue weighted by molar-refractivity contribution is 0.468. The molecule has 0 amide bonds. The topological polar surface area (TPSA) is 37.4 Å². The fourth-order valence-electron chi connectivity index (χ4n) is 1.60. The normalized spacial score (nSPS) is 12.1. The number of halogens is 3. The van der Waals surface area contributed by atoms with Gasteiger partial charge in [-0.15, -0.1) is 11.3 Å². The molecule has 0 radical (unpaired) electrons. The highest BCUT2D eigenvalue weighted by Gasteiger charge is 2.25. The highest BCUT2D eigenvalue weighted by Crippen LogP contribution is 2.32. The van der Waals surface area contributed by atoms with Crippen LogP contribution in [0.5, 0.6) is 0 Å². The van der Waals surface area contributed by atoms with E-state index in [0.29, 0.717) is 20.1 Å². The Kier molecular flexibility index (Phi) is 5.15. The van der Waals surface area contributed by atoms with Gasteiger partial charge in [0.25, 0.3) is 10.0 Å². The number of rotatable bonds is 4. The van der Waals surface area contributed by atoms with Gasteiger partial charge in [-0.3, -0.25) is 0 Å². The zero-order valence-corrected chi connectivity index (χ0v) is 15.0. The lowest BCUT2D eigenvalue weighted by atomic mass is 10.2. The molecule has 8 heteroatoms. The highest BCUT2D eigenvalue weighted by molar-refractivity contribution is 9.10. The van der Waals surface area contributed by atoms with Crippen molar-refractivity contribution in [2.75, 3.05) is 7.05 Å². The van der Waals surface area contributed by atoms with Gasteiger partial charge in [-0.25, -0.2) is 8.42 Å². The van der Waals surface area contributed by atoms with Crippen LogP contribution in [-0.4, -0.2) is 19.8 Å². The second kappa shape index (κ2) is 6.34. The van der Waals surface area contributed by atoms with Gasteiger partial charge in [0.15, 0.2) is 0 Å². The minimum Gasteiger partial charge on any atom is -0.206 e. The van der Waals surface area contributed by atoms with E-state index in [4.69, 9.17) is 23.2 Å². The van der Waals surface area contributed by atoms with Crippen molar-refractivity contribution < 1.29 is 8.42 Å². The van der Waals surface area contributed by atoms with E-state index in [2.05, 4.69) is 15.9 Å². The van der Waals surface area contributed by atoms with Crippen molar-refractivity contribution in [3.63, 3.8) is 0 Å². The van der Waals surface area contributed by atoms with Crippen LogP contribution in [0.1, 0.15) is 5.56 Å². The summed E-state index contributed by atoms with van der Waals surface area (Å²) >= 11 is 16.4. The quantitative estimate of drug-likeness (QED) is 0.730. The Morgan fingerprint density at radius 1 is 1.30 bits per heavy atom. The maximum Gasteiger partial charge on any atom is 0.253 e. The smallest absolute Gasteiger partial charge is 0.206 e. The van der Waals surface area contributed by atoms with Crippen LogP contribution >= 0.6 is 50.5 Å². The van der Waals surface area contributed by atoms with Crippen molar-refractivity contribution in [3.8, 4) is 0 Å². The van der Waals surface area contributed by atoms with Crippen molar-refractivity contribution in [1.82, 2.24) is 4.31 Å². The molecule has 1 aromatic carbocycles. The van der Waals surface area contributed by atoms with Gasteiger partial charge in [0, 0.05) is 18.1 Å². The van der Waals surface area contributed by atoms with E-state index in [9.17, 15) is 8.42 Å². The molecule has 0 aliphatic carbocycles. The Labute approximate surface area is 140 Å². The van der Waals surface area contributed by atoms with Gasteiger partial charge in [-0.2, -0.15) is 4.31 Å². The summed E-state index contributed by atoms with van der Waals surface area (Å²) in [6.07, 6.45) is 0. The maximum atomic E-state index is 12.4. The first-order chi connectivity index (χ1) is 9.34. The van der Waals surface area contributed by atoms with Crippen molar-refractivity contribution >= 4 is 60.5 Å². The SMILES string of the molecule is CN(Cc1cccc(Cl)c1Cl)S(=O)(=O)c1sccc1Br. The fourth-order valence-corrected chi connectivity index (χ4v) is 5.63. The van der Waals surface area contributed by atoms with Gasteiger partial charge in [-0.1, -0.05) is 35.3 Å². The summed E-state index contributed by atoms with van der Waals surface area (Å²) in [5, 5.41) is 2.51. The first kappa shape index (κ1) is 16.3. The third kappa shape index (κ3) is 3.21. The van der Waals surface area contributed by atoms with Crippen LogP contribution in [0.15, 0.2) is 38.3 Å². The first-order valence-electron chi connectivity index (χ1n) is 5.46. The average molecular weight is 415 g/mol. The molecule has 2 aromatic rings. The number of thiophene rings is 1. The Bertz CT molecular complexity index is 731. The van der Waals surface area contributed by atoms with Gasteiger partial charge in [0.2, 0.25) is 0 Å². The third-order valence-corrected chi connectivity index (χ3v) is 7.96. The summed E-state index contributed by atoms with van der Waals surface area (Å²) in [4.78, 5) is 0. The molecule has 0 aliphatic heterocycles. The first-order valence-corrected chi connectivity index (χ1v) is 9.33. The molecule has 0 aliphatic rings. The van der Waals surface area contributed by atoms with Crippen LogP contribution in [0.25, 0.3) is 0 Å². The molecule has 0 spiro atoms. The predicted molar refractivity (Wildman–Crippen MR) is 87.1 cm³/mol. The standard InChI is InChI=1S/C12H10BrCl2NO2S2/c1-16(7-8-3-2-4-10(14)11(8)15)20(17,18)12-9(13)5-6-19-12/h2-6H,7H2,1H3. The Morgan fingerprint density at radius 2 is 2.00 bits per heavy atom. The number of hydrogen-bond donors (Lipinski definition) is 0. The summed E-state index contributed by atoms with van der Waals surface area (Å²) in [5.74, 6) is 0. The second-order valence-electron chi connectivity index (χ2n) is 4.03. The summed E-state index contributed by atoms with van der Waals surface area (Å²) in [6, 6.07) is 6.87. The lowest BCUT2D eigenvalue weighted by Crippen LogP contribution is -2.26. The Balaban J connectivity index is 2.31. The minimum absolute atomic E-state index is 0.159. The van der Waals surface area contributed by atoms with Gasteiger partial charge in [-0.05, 0) is 39.0 Å². The monoisotopic (exact) mass is 413 g/mol. The van der Waals surface area contributed by atoms with Crippen LogP contribution in [0.4, 0.5) is 0 Å². The average Bonchev–Trinajstić information content (AvgIpc) is 2.82. The largest absolute Gasteiger partial charge is 0.253 e. The summed E-state index contributed by atoms with van der Waals surface area (Å²) in [7, 11) is -2.04. The molecular formula is C12H10BrCl2NO2S2. The van der Waals surface area contributed by atoms with Crippen molar-refractivity contribution in [2.45, 2.75) is 10.8 Å². The molecule has 0 saturated heterocycles. The zero-order valence-electron chi connectivity index (χ0n) is 10.3. The van der Waals surface area contributed by atoms with Crippen LogP contribution in [0, 0.1) is 0 Å². The molecule has 1 heterocycles. The predicted octanol–water partition coefficient (Wildman–Crippen LogP) is 4.64. The lowest BCUT2D eigenvalue weighted by Gasteiger charge is -2.17. The van der Waals surface area contributed by atoms with E-state index in [1.807, 2.05) is 0 Å². The van der Waals surface area contributed by atoms with Crippen molar-refractivity contribution in [2.24, 2.45) is 0 Å². The maximum absolute atomic E-state index is 12.4. The molecule has 0 unspecified atom stereocenters. The molecule has 0 fully saturated rings. The van der Waals surface area contributed by atoms with Gasteiger partial charge < -0.3 is 0 Å². The van der Waals surface area contributed by atoms with Gasteiger partial charge >= 0.3 is 0 Å². The van der Waals surface area contributed by atoms with E-state index in [-0.39, 0.29) is 10.8 Å². The van der Waals surface area contributed by atoms with E-state index < -0.39 is 10.0 Å². The Morgan fingerprint density at radius 3 is 2.60 bits per heavy atom. The molecule has 1 aromatic heterocycles. The van der Waals surface area contributed by atoms with Gasteiger partial charge in [0.1, 0.15) is 4.21 Å².